The van der Waals surface area contributed by atoms with Crippen LogP contribution < -0.4 is 0 Å². The van der Waals surface area contributed by atoms with Crippen LogP contribution in [-0.2, 0) is 17.9 Å². The van der Waals surface area contributed by atoms with Crippen LogP contribution in [0.1, 0.15) is 24.0 Å². The van der Waals surface area contributed by atoms with E-state index in [2.05, 4.69) is 16.0 Å². The van der Waals surface area contributed by atoms with Gasteiger partial charge in [0.2, 0.25) is 5.91 Å². The molecule has 1 aromatic heterocycles. The van der Waals surface area contributed by atoms with Gasteiger partial charge >= 0.3 is 0 Å². The Kier molecular flexibility index (Phi) is 6.75. The number of hydrogen-bond acceptors (Lipinski definition) is 4. The van der Waals surface area contributed by atoms with Crippen LogP contribution in [0.4, 0.5) is 0 Å². The van der Waals surface area contributed by atoms with Gasteiger partial charge < -0.3 is 10.0 Å². The van der Waals surface area contributed by atoms with E-state index in [4.69, 9.17) is 0 Å². The molecule has 1 aliphatic rings. The molecule has 138 valence electrons. The first-order chi connectivity index (χ1) is 12.8. The topological polar surface area (TPSA) is 56.7 Å². The largest absolute Gasteiger partial charge is 0.395 e. The summed E-state index contributed by atoms with van der Waals surface area (Å²) in [6, 6.07) is 14.0. The van der Waals surface area contributed by atoms with Gasteiger partial charge in [-0.1, -0.05) is 36.4 Å². The number of carbonyl (C=O) groups is 1. The van der Waals surface area contributed by atoms with Crippen LogP contribution in [0.15, 0.2) is 54.9 Å². The van der Waals surface area contributed by atoms with Gasteiger partial charge in [0.05, 0.1) is 6.61 Å². The Balaban J connectivity index is 1.54. The summed E-state index contributed by atoms with van der Waals surface area (Å²) in [5.74, 6) is 0.222. The smallest absolute Gasteiger partial charge is 0.226 e. The zero-order valence-electron chi connectivity index (χ0n) is 15.1. The van der Waals surface area contributed by atoms with Crippen molar-refractivity contribution in [1.29, 1.82) is 0 Å². The standard InChI is InChI=1S/C21H27N3O2/c25-14-13-24(17-18-5-2-1-3-6-18)21(26)20-8-11-23(12-9-20)16-19-7-4-10-22-15-19/h1-7,10,15,20,25H,8-9,11-14,16-17H2. The lowest BCUT2D eigenvalue weighted by Gasteiger charge is -2.34. The highest BCUT2D eigenvalue weighted by Crippen LogP contribution is 2.22. The highest BCUT2D eigenvalue weighted by atomic mass is 16.3. The van der Waals surface area contributed by atoms with Crippen LogP contribution in [0, 0.1) is 5.92 Å². The molecule has 1 saturated heterocycles. The van der Waals surface area contributed by atoms with Gasteiger partial charge in [-0.15, -0.1) is 0 Å². The number of amides is 1. The number of nitrogens with zero attached hydrogens (tertiary/aromatic N) is 3. The summed E-state index contributed by atoms with van der Waals surface area (Å²) in [6.45, 7) is 3.69. The van der Waals surface area contributed by atoms with Crippen LogP contribution >= 0.6 is 0 Å². The predicted molar refractivity (Wildman–Crippen MR) is 101 cm³/mol. The van der Waals surface area contributed by atoms with Gasteiger partial charge in [-0.2, -0.15) is 0 Å². The van der Waals surface area contributed by atoms with E-state index in [1.165, 1.54) is 5.56 Å². The Labute approximate surface area is 155 Å². The molecule has 0 radical (unpaired) electrons. The molecular weight excluding hydrogens is 326 g/mol. The van der Waals surface area contributed by atoms with Crippen molar-refractivity contribution in [3.63, 3.8) is 0 Å². The molecule has 5 nitrogen and oxygen atoms in total. The third-order valence-corrected chi connectivity index (χ3v) is 4.96. The second-order valence-corrected chi connectivity index (χ2v) is 6.88. The number of aromatic nitrogens is 1. The Morgan fingerprint density at radius 1 is 1.12 bits per heavy atom. The Bertz CT molecular complexity index is 670. The number of likely N-dealkylation sites (tertiary alicyclic amines) is 1. The molecule has 26 heavy (non-hydrogen) atoms. The van der Waals surface area contributed by atoms with Crippen LogP contribution in [-0.4, -0.2) is 52.0 Å². The minimum absolute atomic E-state index is 0.00156. The molecule has 1 aromatic carbocycles. The summed E-state index contributed by atoms with van der Waals surface area (Å²) >= 11 is 0. The van der Waals surface area contributed by atoms with Gasteiger partial charge in [0, 0.05) is 37.9 Å². The normalized spacial score (nSPS) is 15.7. The van der Waals surface area contributed by atoms with Crippen molar-refractivity contribution in [1.82, 2.24) is 14.8 Å². The maximum absolute atomic E-state index is 12.9. The lowest BCUT2D eigenvalue weighted by Crippen LogP contribution is -2.43. The second-order valence-electron chi connectivity index (χ2n) is 6.88. The molecule has 0 aliphatic carbocycles. The number of piperidine rings is 1. The Morgan fingerprint density at radius 2 is 1.85 bits per heavy atom. The summed E-state index contributed by atoms with van der Waals surface area (Å²) in [5.41, 5.74) is 2.31. The monoisotopic (exact) mass is 353 g/mol. The average molecular weight is 353 g/mol. The summed E-state index contributed by atoms with van der Waals surface area (Å²) in [5, 5.41) is 9.36. The van der Waals surface area contributed by atoms with E-state index < -0.39 is 0 Å². The van der Waals surface area contributed by atoms with E-state index in [0.717, 1.165) is 38.0 Å². The maximum Gasteiger partial charge on any atom is 0.226 e. The predicted octanol–water partition coefficient (Wildman–Crippen LogP) is 2.31. The molecule has 1 fully saturated rings. The van der Waals surface area contributed by atoms with Gasteiger partial charge in [-0.05, 0) is 43.1 Å². The molecule has 2 heterocycles. The number of carbonyl (C=O) groups excluding carboxylic acids is 1. The molecule has 1 N–H and O–H groups in total. The number of pyridine rings is 1. The van der Waals surface area contributed by atoms with E-state index in [1.54, 1.807) is 11.1 Å². The van der Waals surface area contributed by atoms with E-state index in [1.807, 2.05) is 42.6 Å². The molecule has 0 spiro atoms. The SMILES string of the molecule is O=C(C1CCN(Cc2cccnc2)CC1)N(CCO)Cc1ccccc1. The number of aliphatic hydroxyl groups is 1. The molecule has 2 aromatic rings. The van der Waals surface area contributed by atoms with Gasteiger partial charge in [-0.25, -0.2) is 0 Å². The third-order valence-electron chi connectivity index (χ3n) is 4.96. The molecule has 0 saturated carbocycles. The first kappa shape index (κ1) is 18.5. The summed E-state index contributed by atoms with van der Waals surface area (Å²) in [4.78, 5) is 21.3. The minimum Gasteiger partial charge on any atom is -0.395 e. The lowest BCUT2D eigenvalue weighted by atomic mass is 9.94. The van der Waals surface area contributed by atoms with Gasteiger partial charge in [0.25, 0.3) is 0 Å². The molecular formula is C21H27N3O2. The van der Waals surface area contributed by atoms with E-state index in [9.17, 15) is 9.90 Å². The van der Waals surface area contributed by atoms with Gasteiger partial charge in [0.1, 0.15) is 0 Å². The van der Waals surface area contributed by atoms with Crippen LogP contribution in [0.5, 0.6) is 0 Å². The highest BCUT2D eigenvalue weighted by molar-refractivity contribution is 5.79. The second kappa shape index (κ2) is 9.46. The molecule has 1 amide bonds. The lowest BCUT2D eigenvalue weighted by molar-refractivity contribution is -0.138. The van der Waals surface area contributed by atoms with Crippen molar-refractivity contribution in [2.45, 2.75) is 25.9 Å². The first-order valence-electron chi connectivity index (χ1n) is 9.31. The third kappa shape index (κ3) is 5.13. The van der Waals surface area contributed by atoms with Crippen molar-refractivity contribution in [3.05, 3.63) is 66.0 Å². The number of hydrogen-bond donors (Lipinski definition) is 1. The van der Waals surface area contributed by atoms with Crippen LogP contribution in [0.25, 0.3) is 0 Å². The van der Waals surface area contributed by atoms with Crippen LogP contribution in [0.3, 0.4) is 0 Å². The van der Waals surface area contributed by atoms with Crippen molar-refractivity contribution >= 4 is 5.91 Å². The molecule has 1 aliphatic heterocycles. The Morgan fingerprint density at radius 3 is 2.50 bits per heavy atom. The number of aliphatic hydroxyl groups excluding tert-OH is 1. The summed E-state index contributed by atoms with van der Waals surface area (Å²) < 4.78 is 0. The van der Waals surface area contributed by atoms with Crippen molar-refractivity contribution in [2.75, 3.05) is 26.2 Å². The molecule has 3 rings (SSSR count). The van der Waals surface area contributed by atoms with Gasteiger partial charge in [0.15, 0.2) is 0 Å². The van der Waals surface area contributed by atoms with Crippen LogP contribution in [0.2, 0.25) is 0 Å². The molecule has 0 bridgehead atoms. The van der Waals surface area contributed by atoms with E-state index in [0.29, 0.717) is 13.1 Å². The number of benzene rings is 1. The fourth-order valence-electron chi connectivity index (χ4n) is 3.54. The number of rotatable bonds is 7. The zero-order chi connectivity index (χ0) is 18.2. The van der Waals surface area contributed by atoms with E-state index in [-0.39, 0.29) is 18.4 Å². The molecule has 5 heteroatoms. The zero-order valence-corrected chi connectivity index (χ0v) is 15.1. The maximum atomic E-state index is 12.9. The van der Waals surface area contributed by atoms with Crippen molar-refractivity contribution in [3.8, 4) is 0 Å². The van der Waals surface area contributed by atoms with Crippen molar-refractivity contribution in [2.24, 2.45) is 5.92 Å². The highest BCUT2D eigenvalue weighted by Gasteiger charge is 2.28. The van der Waals surface area contributed by atoms with E-state index >= 15 is 0 Å². The first-order valence-corrected chi connectivity index (χ1v) is 9.31. The fraction of sp³-hybridized carbons (Fsp3) is 0.429. The Hall–Kier alpha value is -2.24. The summed E-state index contributed by atoms with van der Waals surface area (Å²) in [6.07, 6.45) is 5.43. The average Bonchev–Trinajstić information content (AvgIpc) is 2.69. The minimum atomic E-state index is -0.00156. The quantitative estimate of drug-likeness (QED) is 0.830. The van der Waals surface area contributed by atoms with Gasteiger partial charge in [-0.3, -0.25) is 14.7 Å². The summed E-state index contributed by atoms with van der Waals surface area (Å²) in [7, 11) is 0. The fourth-order valence-corrected chi connectivity index (χ4v) is 3.54. The molecule has 0 atom stereocenters. The molecule has 0 unspecified atom stereocenters. The van der Waals surface area contributed by atoms with Crippen molar-refractivity contribution < 1.29 is 9.90 Å².